The van der Waals surface area contributed by atoms with Crippen molar-refractivity contribution >= 4 is 22.3 Å². The van der Waals surface area contributed by atoms with Gasteiger partial charge in [-0.1, -0.05) is 6.07 Å². The fourth-order valence-electron chi connectivity index (χ4n) is 1.79. The van der Waals surface area contributed by atoms with Crippen molar-refractivity contribution in [3.8, 4) is 0 Å². The third-order valence-corrected chi connectivity index (χ3v) is 3.56. The van der Waals surface area contributed by atoms with Crippen LogP contribution < -0.4 is 5.32 Å². The van der Waals surface area contributed by atoms with E-state index in [1.165, 1.54) is 11.5 Å². The Bertz CT molecular complexity index is 551. The topological polar surface area (TPSA) is 54.9 Å². The molecule has 0 saturated heterocycles. The van der Waals surface area contributed by atoms with Crippen molar-refractivity contribution in [2.75, 3.05) is 5.32 Å². The molecule has 2 heterocycles. The number of anilines is 1. The Morgan fingerprint density at radius 3 is 2.83 bits per heavy atom. The van der Waals surface area contributed by atoms with Gasteiger partial charge in [0.05, 0.1) is 23.0 Å². The number of carbonyl (C=O) groups is 1. The molecule has 94 valence electrons. The summed E-state index contributed by atoms with van der Waals surface area (Å²) in [6.07, 6.45) is 1.76. The minimum absolute atomic E-state index is 0.0389. The molecule has 0 bridgehead atoms. The number of aromatic nitrogens is 2. The van der Waals surface area contributed by atoms with E-state index in [-0.39, 0.29) is 11.8 Å². The molecule has 0 fully saturated rings. The molecule has 18 heavy (non-hydrogen) atoms. The van der Waals surface area contributed by atoms with E-state index >= 15 is 0 Å². The van der Waals surface area contributed by atoms with Crippen LogP contribution in [-0.2, 0) is 0 Å². The SMILES string of the molecule is CC(=O)c1c(C)nsc1NC(C)c1ccccn1. The maximum absolute atomic E-state index is 11.6. The van der Waals surface area contributed by atoms with Crippen LogP contribution in [0.5, 0.6) is 0 Å². The first-order valence-corrected chi connectivity index (χ1v) is 6.51. The largest absolute Gasteiger partial charge is 0.367 e. The van der Waals surface area contributed by atoms with Gasteiger partial charge in [-0.15, -0.1) is 0 Å². The van der Waals surface area contributed by atoms with Gasteiger partial charge in [-0.25, -0.2) is 0 Å². The van der Waals surface area contributed by atoms with Crippen LogP contribution in [0.25, 0.3) is 0 Å². The van der Waals surface area contributed by atoms with Crippen LogP contribution in [0.3, 0.4) is 0 Å². The fraction of sp³-hybridized carbons (Fsp3) is 0.308. The molecule has 1 N–H and O–H groups in total. The standard InChI is InChI=1S/C13H15N3OS/c1-8(11-6-4-5-7-14-11)15-13-12(10(3)17)9(2)16-18-13/h4-8,15H,1-3H3. The Labute approximate surface area is 110 Å². The summed E-state index contributed by atoms with van der Waals surface area (Å²) >= 11 is 1.32. The minimum Gasteiger partial charge on any atom is -0.367 e. The number of nitrogens with one attached hydrogen (secondary N) is 1. The summed E-state index contributed by atoms with van der Waals surface area (Å²) in [6.45, 7) is 5.43. The highest BCUT2D eigenvalue weighted by molar-refractivity contribution is 7.10. The van der Waals surface area contributed by atoms with Crippen molar-refractivity contribution < 1.29 is 4.79 Å². The molecule has 0 saturated carbocycles. The first-order chi connectivity index (χ1) is 8.59. The molecule has 0 radical (unpaired) electrons. The number of aryl methyl sites for hydroxylation is 1. The second-order valence-electron chi connectivity index (χ2n) is 4.15. The van der Waals surface area contributed by atoms with Gasteiger partial charge in [-0.05, 0) is 44.4 Å². The van der Waals surface area contributed by atoms with E-state index < -0.39 is 0 Å². The predicted molar refractivity (Wildman–Crippen MR) is 73.1 cm³/mol. The summed E-state index contributed by atoms with van der Waals surface area (Å²) in [4.78, 5) is 15.9. The van der Waals surface area contributed by atoms with Crippen molar-refractivity contribution in [3.63, 3.8) is 0 Å². The van der Waals surface area contributed by atoms with Crippen LogP contribution in [0.1, 0.15) is 41.6 Å². The zero-order chi connectivity index (χ0) is 13.1. The molecule has 1 atom stereocenters. The lowest BCUT2D eigenvalue weighted by Gasteiger charge is -2.13. The number of hydrogen-bond donors (Lipinski definition) is 1. The van der Waals surface area contributed by atoms with Crippen LogP contribution in [0.2, 0.25) is 0 Å². The third-order valence-electron chi connectivity index (χ3n) is 2.69. The van der Waals surface area contributed by atoms with Crippen LogP contribution in [0, 0.1) is 6.92 Å². The Hall–Kier alpha value is -1.75. The van der Waals surface area contributed by atoms with E-state index in [2.05, 4.69) is 14.7 Å². The highest BCUT2D eigenvalue weighted by Crippen LogP contribution is 2.28. The second-order valence-corrected chi connectivity index (χ2v) is 4.92. The van der Waals surface area contributed by atoms with Crippen molar-refractivity contribution in [2.45, 2.75) is 26.8 Å². The fourth-order valence-corrected chi connectivity index (χ4v) is 2.72. The van der Waals surface area contributed by atoms with Crippen molar-refractivity contribution in [1.29, 1.82) is 0 Å². The van der Waals surface area contributed by atoms with Crippen LogP contribution in [0.15, 0.2) is 24.4 Å². The normalized spacial score (nSPS) is 12.2. The third kappa shape index (κ3) is 2.56. The van der Waals surface area contributed by atoms with Crippen molar-refractivity contribution in [1.82, 2.24) is 9.36 Å². The minimum atomic E-state index is 0.0389. The van der Waals surface area contributed by atoms with Gasteiger partial charge in [0, 0.05) is 6.20 Å². The maximum Gasteiger partial charge on any atom is 0.164 e. The van der Waals surface area contributed by atoms with Crippen LogP contribution >= 0.6 is 11.5 Å². The van der Waals surface area contributed by atoms with Gasteiger partial charge in [0.25, 0.3) is 0 Å². The summed E-state index contributed by atoms with van der Waals surface area (Å²) in [5.41, 5.74) is 2.41. The van der Waals surface area contributed by atoms with E-state index in [0.717, 1.165) is 16.4 Å². The maximum atomic E-state index is 11.6. The highest BCUT2D eigenvalue weighted by atomic mass is 32.1. The van der Waals surface area contributed by atoms with Gasteiger partial charge in [-0.3, -0.25) is 9.78 Å². The number of carbonyl (C=O) groups excluding carboxylic acids is 1. The molecule has 0 aliphatic rings. The highest BCUT2D eigenvalue weighted by Gasteiger charge is 2.17. The molecule has 1 unspecified atom stereocenters. The summed E-state index contributed by atoms with van der Waals surface area (Å²) in [7, 11) is 0. The molecular weight excluding hydrogens is 246 g/mol. The van der Waals surface area contributed by atoms with Crippen LogP contribution in [0.4, 0.5) is 5.00 Å². The number of nitrogens with zero attached hydrogens (tertiary/aromatic N) is 2. The quantitative estimate of drug-likeness (QED) is 0.858. The summed E-state index contributed by atoms with van der Waals surface area (Å²) in [6, 6.07) is 5.83. The lowest BCUT2D eigenvalue weighted by atomic mass is 10.1. The monoisotopic (exact) mass is 261 g/mol. The van der Waals surface area contributed by atoms with Gasteiger partial charge in [0.2, 0.25) is 0 Å². The van der Waals surface area contributed by atoms with Gasteiger partial charge < -0.3 is 5.32 Å². The molecular formula is C13H15N3OS. The van der Waals surface area contributed by atoms with Gasteiger partial charge >= 0.3 is 0 Å². The van der Waals surface area contributed by atoms with E-state index in [1.54, 1.807) is 13.1 Å². The number of Topliss-reactive ketones (excluding diaryl/α,β-unsaturated/α-hetero) is 1. The predicted octanol–water partition coefficient (Wildman–Crippen LogP) is 3.22. The molecule has 2 rings (SSSR count). The molecule has 0 aromatic carbocycles. The molecule has 2 aromatic heterocycles. The summed E-state index contributed by atoms with van der Waals surface area (Å²) in [5.74, 6) is 0.0389. The lowest BCUT2D eigenvalue weighted by Crippen LogP contribution is -2.09. The van der Waals surface area contributed by atoms with Gasteiger partial charge in [-0.2, -0.15) is 4.37 Å². The first-order valence-electron chi connectivity index (χ1n) is 5.74. The van der Waals surface area contributed by atoms with Gasteiger partial charge in [0.1, 0.15) is 5.00 Å². The zero-order valence-electron chi connectivity index (χ0n) is 10.6. The smallest absolute Gasteiger partial charge is 0.164 e. The summed E-state index contributed by atoms with van der Waals surface area (Å²) < 4.78 is 4.22. The van der Waals surface area contributed by atoms with E-state index in [4.69, 9.17) is 0 Å². The molecule has 0 amide bonds. The number of pyridine rings is 1. The molecule has 0 spiro atoms. The Balaban J connectivity index is 2.22. The van der Waals surface area contributed by atoms with Crippen molar-refractivity contribution in [2.24, 2.45) is 0 Å². The average Bonchev–Trinajstić information content (AvgIpc) is 2.71. The van der Waals surface area contributed by atoms with E-state index in [1.807, 2.05) is 32.0 Å². The zero-order valence-corrected chi connectivity index (χ0v) is 11.4. The Kier molecular flexibility index (Phi) is 3.72. The van der Waals surface area contributed by atoms with Crippen LogP contribution in [-0.4, -0.2) is 15.1 Å². The van der Waals surface area contributed by atoms with Gasteiger partial charge in [0.15, 0.2) is 5.78 Å². The van der Waals surface area contributed by atoms with Crippen molar-refractivity contribution in [3.05, 3.63) is 41.3 Å². The second kappa shape index (κ2) is 5.27. The molecule has 0 aliphatic carbocycles. The summed E-state index contributed by atoms with van der Waals surface area (Å²) in [5, 5.41) is 4.12. The molecule has 2 aromatic rings. The lowest BCUT2D eigenvalue weighted by molar-refractivity contribution is 0.101. The Morgan fingerprint density at radius 2 is 2.22 bits per heavy atom. The Morgan fingerprint density at radius 1 is 1.44 bits per heavy atom. The average molecular weight is 261 g/mol. The molecule has 5 heteroatoms. The number of rotatable bonds is 4. The number of hydrogen-bond acceptors (Lipinski definition) is 5. The molecule has 4 nitrogen and oxygen atoms in total. The first kappa shape index (κ1) is 12.7. The number of ketones is 1. The van der Waals surface area contributed by atoms with E-state index in [0.29, 0.717) is 5.56 Å². The van der Waals surface area contributed by atoms with E-state index in [9.17, 15) is 4.79 Å². The molecule has 0 aliphatic heterocycles.